The molecular formula is C5H7ClO7. The van der Waals surface area contributed by atoms with Gasteiger partial charge in [-0.15, -0.1) is 0 Å². The molecule has 0 atom stereocenters. The van der Waals surface area contributed by atoms with Crippen molar-refractivity contribution in [2.24, 2.45) is 0 Å². The Morgan fingerprint density at radius 3 is 1.62 bits per heavy atom. The van der Waals surface area contributed by atoms with Gasteiger partial charge < -0.3 is 19.7 Å². The number of carboxylic acid groups (broad SMARTS) is 2. The summed E-state index contributed by atoms with van der Waals surface area (Å²) in [6, 6.07) is 0. The van der Waals surface area contributed by atoms with Crippen LogP contribution in [0.1, 0.15) is 6.92 Å². The van der Waals surface area contributed by atoms with Gasteiger partial charge in [-0.3, -0.25) is 0 Å². The standard InChI is InChI=1S/C3H5ClO2.C2H2O5/c1-2-6-3(4)5;3-1(4)7-2(5)6/h2H2,1H3;(H,3,4)(H,5,6). The molecule has 13 heavy (non-hydrogen) atoms. The van der Waals surface area contributed by atoms with Crippen LogP contribution in [0.2, 0.25) is 0 Å². The molecule has 0 fully saturated rings. The highest BCUT2D eigenvalue weighted by atomic mass is 35.5. The summed E-state index contributed by atoms with van der Waals surface area (Å²) in [6.07, 6.45) is -3.62. The second-order valence-electron chi connectivity index (χ2n) is 1.30. The van der Waals surface area contributed by atoms with Crippen LogP contribution in [-0.4, -0.2) is 34.6 Å². The zero-order valence-electron chi connectivity index (χ0n) is 6.52. The number of rotatable bonds is 1. The van der Waals surface area contributed by atoms with Crippen LogP contribution in [0.5, 0.6) is 0 Å². The highest BCUT2D eigenvalue weighted by Gasteiger charge is 2.01. The lowest BCUT2D eigenvalue weighted by molar-refractivity contribution is 0.0801. The summed E-state index contributed by atoms with van der Waals surface area (Å²) in [4.78, 5) is 28.0. The first kappa shape index (κ1) is 14.0. The molecule has 76 valence electrons. The van der Waals surface area contributed by atoms with Crippen molar-refractivity contribution in [2.75, 3.05) is 6.61 Å². The zero-order chi connectivity index (χ0) is 10.9. The molecule has 8 heteroatoms. The SMILES string of the molecule is CCOC(=O)Cl.O=C(O)OC(=O)O. The Morgan fingerprint density at radius 2 is 1.62 bits per heavy atom. The van der Waals surface area contributed by atoms with Gasteiger partial charge in [0.2, 0.25) is 0 Å². The number of hydrogen-bond donors (Lipinski definition) is 2. The Balaban J connectivity index is 0. The van der Waals surface area contributed by atoms with E-state index in [1.165, 1.54) is 0 Å². The molecule has 2 N–H and O–H groups in total. The molecule has 0 aliphatic carbocycles. The number of hydrogen-bond acceptors (Lipinski definition) is 5. The van der Waals surface area contributed by atoms with E-state index in [0.29, 0.717) is 6.61 Å². The molecule has 0 rings (SSSR count). The first-order valence-corrected chi connectivity index (χ1v) is 3.23. The van der Waals surface area contributed by atoms with E-state index in [1.807, 2.05) is 0 Å². The van der Waals surface area contributed by atoms with Gasteiger partial charge in [-0.05, 0) is 6.92 Å². The van der Waals surface area contributed by atoms with E-state index < -0.39 is 17.7 Å². The molecule has 0 amide bonds. The fraction of sp³-hybridized carbons (Fsp3) is 0.400. The van der Waals surface area contributed by atoms with Crippen molar-refractivity contribution < 1.29 is 34.1 Å². The van der Waals surface area contributed by atoms with Gasteiger partial charge in [-0.25, -0.2) is 14.4 Å². The Kier molecular flexibility index (Phi) is 9.29. The topological polar surface area (TPSA) is 110 Å². The van der Waals surface area contributed by atoms with Crippen molar-refractivity contribution in [3.8, 4) is 0 Å². The highest BCUT2D eigenvalue weighted by molar-refractivity contribution is 6.61. The lowest BCUT2D eigenvalue weighted by atomic mass is 10.9. The van der Waals surface area contributed by atoms with Gasteiger partial charge in [0.1, 0.15) is 0 Å². The monoisotopic (exact) mass is 214 g/mol. The summed E-state index contributed by atoms with van der Waals surface area (Å²) in [6.45, 7) is 2.04. The van der Waals surface area contributed by atoms with Crippen LogP contribution in [0.3, 0.4) is 0 Å². The summed E-state index contributed by atoms with van der Waals surface area (Å²) in [5.41, 5.74) is -0.738. The maximum atomic E-state index is 9.59. The molecule has 0 bridgehead atoms. The summed E-state index contributed by atoms with van der Waals surface area (Å²) in [7, 11) is 0. The van der Waals surface area contributed by atoms with Gasteiger partial charge in [-0.1, -0.05) is 0 Å². The van der Waals surface area contributed by atoms with Crippen molar-refractivity contribution in [2.45, 2.75) is 6.92 Å². The number of carbonyl (C=O) groups is 3. The minimum absolute atomic E-state index is 0.350. The number of ether oxygens (including phenoxy) is 2. The van der Waals surface area contributed by atoms with Gasteiger partial charge in [0, 0.05) is 11.6 Å². The smallest absolute Gasteiger partial charge is 0.454 e. The third kappa shape index (κ3) is 25.1. The average molecular weight is 215 g/mol. The summed E-state index contributed by atoms with van der Waals surface area (Å²) in [5, 5.41) is 15.0. The quantitative estimate of drug-likeness (QED) is 0.388. The molecule has 0 saturated carbocycles. The first-order valence-electron chi connectivity index (χ1n) is 2.86. The van der Waals surface area contributed by atoms with Crippen molar-refractivity contribution >= 4 is 29.3 Å². The molecular weight excluding hydrogens is 208 g/mol. The molecule has 0 aromatic heterocycles. The normalized spacial score (nSPS) is 7.54. The Hall–Kier alpha value is -1.50. The molecule has 0 radical (unpaired) electrons. The Morgan fingerprint density at radius 1 is 1.23 bits per heavy atom. The van der Waals surface area contributed by atoms with E-state index in [-0.39, 0.29) is 0 Å². The van der Waals surface area contributed by atoms with Crippen LogP contribution < -0.4 is 0 Å². The van der Waals surface area contributed by atoms with Crippen LogP contribution in [0.4, 0.5) is 14.4 Å². The van der Waals surface area contributed by atoms with E-state index in [1.54, 1.807) is 6.92 Å². The van der Waals surface area contributed by atoms with E-state index in [9.17, 15) is 14.4 Å². The predicted octanol–water partition coefficient (Wildman–Crippen LogP) is 1.74. The van der Waals surface area contributed by atoms with Crippen LogP contribution >= 0.6 is 11.6 Å². The molecule has 0 aromatic carbocycles. The third-order valence-corrected chi connectivity index (χ3v) is 0.542. The molecule has 0 aliphatic heterocycles. The molecule has 0 saturated heterocycles. The highest BCUT2D eigenvalue weighted by Crippen LogP contribution is 1.82. The Bertz CT molecular complexity index is 177. The molecule has 7 nitrogen and oxygen atoms in total. The largest absolute Gasteiger partial charge is 0.516 e. The van der Waals surface area contributed by atoms with E-state index in [4.69, 9.17) is 21.8 Å². The number of halogens is 1. The summed E-state index contributed by atoms with van der Waals surface area (Å²) in [5.74, 6) is 0. The minimum atomic E-state index is -1.81. The van der Waals surface area contributed by atoms with Crippen molar-refractivity contribution in [3.63, 3.8) is 0 Å². The minimum Gasteiger partial charge on any atom is -0.454 e. The zero-order valence-corrected chi connectivity index (χ0v) is 7.28. The van der Waals surface area contributed by atoms with Gasteiger partial charge >= 0.3 is 17.7 Å². The van der Waals surface area contributed by atoms with Crippen molar-refractivity contribution in [1.82, 2.24) is 0 Å². The summed E-state index contributed by atoms with van der Waals surface area (Å²) < 4.78 is 7.25. The van der Waals surface area contributed by atoms with Crippen molar-refractivity contribution in [3.05, 3.63) is 0 Å². The fourth-order valence-electron chi connectivity index (χ4n) is 0.188. The fourth-order valence-corrected chi connectivity index (χ4v) is 0.297. The lowest BCUT2D eigenvalue weighted by Gasteiger charge is -1.86. The van der Waals surface area contributed by atoms with Crippen molar-refractivity contribution in [1.29, 1.82) is 0 Å². The Labute approximate surface area is 77.8 Å². The third-order valence-electron chi connectivity index (χ3n) is 0.432. The van der Waals surface area contributed by atoms with E-state index in [0.717, 1.165) is 0 Å². The van der Waals surface area contributed by atoms with Gasteiger partial charge in [0.25, 0.3) is 0 Å². The van der Waals surface area contributed by atoms with Crippen LogP contribution in [0.25, 0.3) is 0 Å². The van der Waals surface area contributed by atoms with Crippen LogP contribution in [0.15, 0.2) is 0 Å². The van der Waals surface area contributed by atoms with Gasteiger partial charge in [0.15, 0.2) is 0 Å². The number of carbonyl (C=O) groups excluding carboxylic acids is 1. The second-order valence-corrected chi connectivity index (χ2v) is 1.61. The van der Waals surface area contributed by atoms with Crippen LogP contribution in [-0.2, 0) is 9.47 Å². The molecule has 0 aliphatic rings. The first-order chi connectivity index (χ1) is 5.90. The molecule has 0 spiro atoms. The van der Waals surface area contributed by atoms with E-state index in [2.05, 4.69) is 9.47 Å². The van der Waals surface area contributed by atoms with E-state index >= 15 is 0 Å². The molecule has 0 unspecified atom stereocenters. The second kappa shape index (κ2) is 8.60. The predicted molar refractivity (Wildman–Crippen MR) is 40.0 cm³/mol. The lowest BCUT2D eigenvalue weighted by Crippen LogP contribution is -2.05. The molecule has 0 aromatic rings. The summed E-state index contributed by atoms with van der Waals surface area (Å²) >= 11 is 4.72. The molecule has 0 heterocycles. The van der Waals surface area contributed by atoms with Gasteiger partial charge in [-0.2, -0.15) is 0 Å². The average Bonchev–Trinajstić information content (AvgIpc) is 1.83. The van der Waals surface area contributed by atoms with Crippen LogP contribution in [0, 0.1) is 0 Å². The maximum absolute atomic E-state index is 9.59. The maximum Gasteiger partial charge on any atom is 0.516 e. The van der Waals surface area contributed by atoms with Gasteiger partial charge in [0.05, 0.1) is 6.61 Å².